The van der Waals surface area contributed by atoms with Crippen molar-refractivity contribution in [3.63, 3.8) is 0 Å². The summed E-state index contributed by atoms with van der Waals surface area (Å²) in [6, 6.07) is 10.2. The molecular formula is C24H24FN5O3. The average molecular weight is 449 g/mol. The molecule has 0 bridgehead atoms. The summed E-state index contributed by atoms with van der Waals surface area (Å²) in [6.45, 7) is 1.26. The Bertz CT molecular complexity index is 1280. The van der Waals surface area contributed by atoms with E-state index in [1.807, 2.05) is 29.0 Å². The van der Waals surface area contributed by atoms with Crippen LogP contribution in [0.3, 0.4) is 0 Å². The van der Waals surface area contributed by atoms with Gasteiger partial charge in [-0.15, -0.1) is 0 Å². The summed E-state index contributed by atoms with van der Waals surface area (Å²) in [7, 11) is 5.11. The van der Waals surface area contributed by atoms with Crippen molar-refractivity contribution in [3.05, 3.63) is 70.5 Å². The lowest BCUT2D eigenvalue weighted by Gasteiger charge is -2.26. The SMILES string of the molecule is COc1ccccc1C(=O)N1C[C@@H]2[C@H](C1)[C@H]2N(C)c1nc(-c2ccncc2F)cc(=O)n1C. The van der Waals surface area contributed by atoms with E-state index < -0.39 is 5.82 Å². The van der Waals surface area contributed by atoms with E-state index in [-0.39, 0.29) is 40.6 Å². The summed E-state index contributed by atoms with van der Waals surface area (Å²) >= 11 is 0. The second kappa shape index (κ2) is 7.99. The second-order valence-corrected chi connectivity index (χ2v) is 8.53. The van der Waals surface area contributed by atoms with Crippen molar-refractivity contribution in [2.75, 3.05) is 32.1 Å². The minimum Gasteiger partial charge on any atom is -0.496 e. The van der Waals surface area contributed by atoms with Crippen LogP contribution in [0.15, 0.2) is 53.6 Å². The van der Waals surface area contributed by atoms with Crippen LogP contribution in [0.1, 0.15) is 10.4 Å². The molecule has 5 rings (SSSR count). The molecule has 0 unspecified atom stereocenters. The van der Waals surface area contributed by atoms with Gasteiger partial charge in [0.1, 0.15) is 5.75 Å². The largest absolute Gasteiger partial charge is 0.496 e. The third-order valence-corrected chi connectivity index (χ3v) is 6.70. The first kappa shape index (κ1) is 21.1. The molecule has 8 nitrogen and oxygen atoms in total. The van der Waals surface area contributed by atoms with E-state index in [4.69, 9.17) is 4.74 Å². The minimum atomic E-state index is -0.527. The number of ether oxygens (including phenoxy) is 1. The molecule has 0 spiro atoms. The number of rotatable bonds is 5. The number of hydrogen-bond donors (Lipinski definition) is 0. The number of piperidine rings is 1. The molecule has 9 heteroatoms. The average Bonchev–Trinajstić information content (AvgIpc) is 3.32. The molecule has 3 aromatic rings. The Morgan fingerprint density at radius 1 is 1.21 bits per heavy atom. The van der Waals surface area contributed by atoms with E-state index in [0.717, 1.165) is 6.20 Å². The number of methoxy groups -OCH3 is 1. The van der Waals surface area contributed by atoms with Gasteiger partial charge in [-0.1, -0.05) is 12.1 Å². The third kappa shape index (κ3) is 3.53. The lowest BCUT2D eigenvalue weighted by Crippen LogP contribution is -2.38. The van der Waals surface area contributed by atoms with Gasteiger partial charge in [0.2, 0.25) is 5.95 Å². The molecule has 1 saturated carbocycles. The fraction of sp³-hybridized carbons (Fsp3) is 0.333. The standard InChI is InChI=1S/C24H24FN5O3/c1-28-21(31)10-19(14-8-9-26-11-18(14)25)27-24(28)29(2)22-16-12-30(13-17(16)22)23(32)15-6-4-5-7-20(15)33-3/h4-11,16-17,22H,12-13H2,1-3H3/t16-,17+,22+. The molecule has 2 fully saturated rings. The fourth-order valence-corrected chi connectivity index (χ4v) is 4.92. The van der Waals surface area contributed by atoms with Crippen molar-refractivity contribution in [2.24, 2.45) is 18.9 Å². The number of anilines is 1. The minimum absolute atomic E-state index is 0.0401. The predicted octanol–water partition coefficient (Wildman–Crippen LogP) is 2.20. The first-order chi connectivity index (χ1) is 15.9. The first-order valence-electron chi connectivity index (χ1n) is 10.7. The number of hydrogen-bond acceptors (Lipinski definition) is 6. The Kier molecular flexibility index (Phi) is 5.11. The van der Waals surface area contributed by atoms with E-state index >= 15 is 0 Å². The van der Waals surface area contributed by atoms with Crippen LogP contribution in [0.4, 0.5) is 10.3 Å². The predicted molar refractivity (Wildman–Crippen MR) is 121 cm³/mol. The highest BCUT2D eigenvalue weighted by Crippen LogP contribution is 2.49. The Hall–Kier alpha value is -3.75. The Morgan fingerprint density at radius 3 is 2.64 bits per heavy atom. The number of para-hydroxylation sites is 1. The van der Waals surface area contributed by atoms with Crippen molar-refractivity contribution in [1.29, 1.82) is 0 Å². The number of benzene rings is 1. The number of carbonyl (C=O) groups excluding carboxylic acids is 1. The van der Waals surface area contributed by atoms with Gasteiger partial charge in [0.15, 0.2) is 5.82 Å². The van der Waals surface area contributed by atoms with E-state index in [1.165, 1.54) is 22.9 Å². The molecule has 0 radical (unpaired) electrons. The highest BCUT2D eigenvalue weighted by molar-refractivity contribution is 5.97. The van der Waals surface area contributed by atoms with Gasteiger partial charge in [0, 0.05) is 62.9 Å². The van der Waals surface area contributed by atoms with Crippen LogP contribution in [0.2, 0.25) is 0 Å². The molecule has 1 aliphatic carbocycles. The molecule has 2 aromatic heterocycles. The summed E-state index contributed by atoms with van der Waals surface area (Å²) in [5.41, 5.74) is 0.805. The van der Waals surface area contributed by atoms with Gasteiger partial charge in [0.05, 0.1) is 24.6 Å². The van der Waals surface area contributed by atoms with Gasteiger partial charge in [0.25, 0.3) is 11.5 Å². The van der Waals surface area contributed by atoms with Crippen LogP contribution in [-0.2, 0) is 7.05 Å². The Labute approximate surface area is 190 Å². The quantitative estimate of drug-likeness (QED) is 0.594. The number of aromatic nitrogens is 3. The molecule has 2 aliphatic rings. The van der Waals surface area contributed by atoms with E-state index in [2.05, 4.69) is 9.97 Å². The monoisotopic (exact) mass is 449 g/mol. The second-order valence-electron chi connectivity index (χ2n) is 8.53. The summed E-state index contributed by atoms with van der Waals surface area (Å²) < 4.78 is 21.0. The lowest BCUT2D eigenvalue weighted by molar-refractivity contribution is 0.0769. The van der Waals surface area contributed by atoms with Gasteiger partial charge < -0.3 is 14.5 Å². The van der Waals surface area contributed by atoms with E-state index in [1.54, 1.807) is 26.3 Å². The Balaban J connectivity index is 1.35. The molecule has 1 aromatic carbocycles. The maximum absolute atomic E-state index is 14.2. The maximum atomic E-state index is 14.2. The molecule has 3 atom stereocenters. The van der Waals surface area contributed by atoms with Gasteiger partial charge in [-0.25, -0.2) is 9.37 Å². The van der Waals surface area contributed by atoms with Gasteiger partial charge in [-0.05, 0) is 18.2 Å². The number of pyridine rings is 1. The molecule has 1 saturated heterocycles. The lowest BCUT2D eigenvalue weighted by atomic mass is 10.1. The molecule has 3 heterocycles. The highest BCUT2D eigenvalue weighted by Gasteiger charge is 2.59. The van der Waals surface area contributed by atoms with Crippen molar-refractivity contribution in [3.8, 4) is 17.0 Å². The number of amides is 1. The van der Waals surface area contributed by atoms with Gasteiger partial charge >= 0.3 is 0 Å². The van der Waals surface area contributed by atoms with Crippen LogP contribution < -0.4 is 15.2 Å². The number of carbonyl (C=O) groups is 1. The maximum Gasteiger partial charge on any atom is 0.257 e. The van der Waals surface area contributed by atoms with Crippen molar-refractivity contribution >= 4 is 11.9 Å². The zero-order valence-corrected chi connectivity index (χ0v) is 18.6. The highest BCUT2D eigenvalue weighted by atomic mass is 19.1. The van der Waals surface area contributed by atoms with Crippen molar-refractivity contribution < 1.29 is 13.9 Å². The summed E-state index contributed by atoms with van der Waals surface area (Å²) in [6.07, 6.45) is 2.58. The Morgan fingerprint density at radius 2 is 1.94 bits per heavy atom. The van der Waals surface area contributed by atoms with Crippen molar-refractivity contribution in [1.82, 2.24) is 19.4 Å². The van der Waals surface area contributed by atoms with Gasteiger partial charge in [-0.2, -0.15) is 0 Å². The van der Waals surface area contributed by atoms with E-state index in [0.29, 0.717) is 30.4 Å². The molecule has 1 amide bonds. The number of likely N-dealkylation sites (tertiary alicyclic amines) is 1. The molecular weight excluding hydrogens is 425 g/mol. The van der Waals surface area contributed by atoms with Crippen molar-refractivity contribution in [2.45, 2.75) is 6.04 Å². The number of fused-ring (bicyclic) bond motifs is 1. The molecule has 170 valence electrons. The van der Waals surface area contributed by atoms with Crippen LogP contribution in [0.25, 0.3) is 11.3 Å². The molecule has 33 heavy (non-hydrogen) atoms. The van der Waals surface area contributed by atoms with Crippen LogP contribution in [0, 0.1) is 17.7 Å². The number of halogens is 1. The third-order valence-electron chi connectivity index (χ3n) is 6.70. The topological polar surface area (TPSA) is 80.6 Å². The number of nitrogens with zero attached hydrogens (tertiary/aromatic N) is 5. The normalized spacial score (nSPS) is 21.0. The summed E-state index contributed by atoms with van der Waals surface area (Å²) in [5.74, 6) is 1.04. The smallest absolute Gasteiger partial charge is 0.257 e. The molecule has 1 aliphatic heterocycles. The first-order valence-corrected chi connectivity index (χ1v) is 10.7. The van der Waals surface area contributed by atoms with Crippen LogP contribution in [0.5, 0.6) is 5.75 Å². The summed E-state index contributed by atoms with van der Waals surface area (Å²) in [4.78, 5) is 37.8. The van der Waals surface area contributed by atoms with E-state index in [9.17, 15) is 14.0 Å². The zero-order valence-electron chi connectivity index (χ0n) is 18.6. The van der Waals surface area contributed by atoms with Crippen LogP contribution in [-0.4, -0.2) is 58.6 Å². The molecule has 0 N–H and O–H groups in total. The van der Waals surface area contributed by atoms with Gasteiger partial charge in [-0.3, -0.25) is 19.1 Å². The summed E-state index contributed by atoms with van der Waals surface area (Å²) in [5, 5.41) is 0. The van der Waals surface area contributed by atoms with Crippen LogP contribution >= 0.6 is 0 Å². The fourth-order valence-electron chi connectivity index (χ4n) is 4.92. The zero-order chi connectivity index (χ0) is 23.3.